The van der Waals surface area contributed by atoms with Crippen LogP contribution in [-0.4, -0.2) is 29.9 Å². The van der Waals surface area contributed by atoms with Crippen LogP contribution >= 0.6 is 22.9 Å². The number of nitrogens with zero attached hydrogens (tertiary/aromatic N) is 2. The van der Waals surface area contributed by atoms with Crippen molar-refractivity contribution in [2.75, 3.05) is 28.6 Å². The van der Waals surface area contributed by atoms with Crippen molar-refractivity contribution in [1.29, 1.82) is 0 Å². The number of hydrogen-bond acceptors (Lipinski definition) is 5. The lowest BCUT2D eigenvalue weighted by atomic mass is 10.1. The quantitative estimate of drug-likeness (QED) is 0.441. The fourth-order valence-corrected chi connectivity index (χ4v) is 5.26. The number of halogens is 1. The summed E-state index contributed by atoms with van der Waals surface area (Å²) in [5.41, 5.74) is 4.27. The number of aromatic nitrogens is 1. The Bertz CT molecular complexity index is 1170. The maximum atomic E-state index is 13.1. The van der Waals surface area contributed by atoms with Crippen molar-refractivity contribution in [1.82, 2.24) is 4.98 Å². The molecule has 0 fully saturated rings. The molecule has 0 aliphatic heterocycles. The summed E-state index contributed by atoms with van der Waals surface area (Å²) in [5, 5.41) is 7.01. The number of nitrogens with one attached hydrogen (secondary N) is 2. The number of anilines is 3. The van der Waals surface area contributed by atoms with E-state index in [9.17, 15) is 9.59 Å². The SMILES string of the molecule is CCN(CC)c1ccc(NC(=O)C2CCc3sc(NC(=O)c4ccc(Cl)cc4)nc32)c(C)c1. The second kappa shape index (κ2) is 9.93. The Balaban J connectivity index is 1.45. The second-order valence-corrected chi connectivity index (χ2v) is 9.56. The lowest BCUT2D eigenvalue weighted by molar-refractivity contribution is -0.117. The number of carbonyl (C=O) groups excluding carboxylic acids is 2. The van der Waals surface area contributed by atoms with Crippen LogP contribution in [0.15, 0.2) is 42.5 Å². The lowest BCUT2D eigenvalue weighted by Gasteiger charge is -2.22. The van der Waals surface area contributed by atoms with Gasteiger partial charge in [-0.25, -0.2) is 4.98 Å². The first-order valence-electron chi connectivity index (χ1n) is 11.1. The average Bonchev–Trinajstić information content (AvgIpc) is 3.37. The number of thiazole rings is 1. The zero-order valence-corrected chi connectivity index (χ0v) is 20.5. The van der Waals surface area contributed by atoms with E-state index in [1.54, 1.807) is 24.3 Å². The molecule has 0 radical (unpaired) electrons. The molecular weight excluding hydrogens is 456 g/mol. The van der Waals surface area contributed by atoms with E-state index < -0.39 is 0 Å². The molecule has 1 aromatic heterocycles. The van der Waals surface area contributed by atoms with E-state index >= 15 is 0 Å². The maximum Gasteiger partial charge on any atom is 0.257 e. The van der Waals surface area contributed by atoms with E-state index in [-0.39, 0.29) is 17.7 Å². The number of amides is 2. The van der Waals surface area contributed by atoms with E-state index in [0.29, 0.717) is 15.7 Å². The average molecular weight is 483 g/mol. The lowest BCUT2D eigenvalue weighted by Crippen LogP contribution is -2.23. The predicted octanol–water partition coefficient (Wildman–Crippen LogP) is 5.87. The van der Waals surface area contributed by atoms with Crippen LogP contribution in [0.3, 0.4) is 0 Å². The fraction of sp³-hybridized carbons (Fsp3) is 0.320. The highest BCUT2D eigenvalue weighted by atomic mass is 35.5. The highest BCUT2D eigenvalue weighted by Crippen LogP contribution is 2.39. The summed E-state index contributed by atoms with van der Waals surface area (Å²) in [6, 6.07) is 12.8. The van der Waals surface area contributed by atoms with Crippen LogP contribution in [0.25, 0.3) is 0 Å². The molecule has 2 amide bonds. The van der Waals surface area contributed by atoms with Crippen LogP contribution in [0, 0.1) is 6.92 Å². The Morgan fingerprint density at radius 3 is 2.52 bits per heavy atom. The summed E-state index contributed by atoms with van der Waals surface area (Å²) in [4.78, 5) is 33.5. The van der Waals surface area contributed by atoms with E-state index in [2.05, 4.69) is 40.4 Å². The standard InChI is InChI=1S/C25H27ClN4O2S/c1-4-30(5-2)18-10-12-20(15(3)14-18)27-24(32)19-11-13-21-22(19)28-25(33-21)29-23(31)16-6-8-17(26)9-7-16/h6-10,12,14,19H,4-5,11,13H2,1-3H3,(H,27,32)(H,28,29,31). The van der Waals surface area contributed by atoms with Crippen LogP contribution in [0.1, 0.15) is 52.7 Å². The molecule has 1 unspecified atom stereocenters. The molecular formula is C25H27ClN4O2S. The Labute approximate surface area is 203 Å². The summed E-state index contributed by atoms with van der Waals surface area (Å²) in [6.45, 7) is 8.15. The summed E-state index contributed by atoms with van der Waals surface area (Å²) in [6.07, 6.45) is 1.50. The van der Waals surface area contributed by atoms with Gasteiger partial charge in [-0.2, -0.15) is 0 Å². The first-order chi connectivity index (χ1) is 15.9. The van der Waals surface area contributed by atoms with Crippen molar-refractivity contribution in [2.24, 2.45) is 0 Å². The van der Waals surface area contributed by atoms with Gasteiger partial charge in [-0.15, -0.1) is 11.3 Å². The molecule has 0 spiro atoms. The highest BCUT2D eigenvalue weighted by Gasteiger charge is 2.33. The molecule has 0 bridgehead atoms. The molecule has 33 heavy (non-hydrogen) atoms. The van der Waals surface area contributed by atoms with Gasteiger partial charge in [0.25, 0.3) is 5.91 Å². The second-order valence-electron chi connectivity index (χ2n) is 8.04. The van der Waals surface area contributed by atoms with Crippen LogP contribution in [0.5, 0.6) is 0 Å². The van der Waals surface area contributed by atoms with Crippen LogP contribution in [0.2, 0.25) is 5.02 Å². The largest absolute Gasteiger partial charge is 0.372 e. The van der Waals surface area contributed by atoms with Gasteiger partial charge in [0.1, 0.15) is 0 Å². The maximum absolute atomic E-state index is 13.1. The van der Waals surface area contributed by atoms with E-state index in [4.69, 9.17) is 11.6 Å². The molecule has 1 heterocycles. The summed E-state index contributed by atoms with van der Waals surface area (Å²) in [7, 11) is 0. The van der Waals surface area contributed by atoms with Crippen molar-refractivity contribution in [3.63, 3.8) is 0 Å². The molecule has 1 aliphatic rings. The first-order valence-corrected chi connectivity index (χ1v) is 12.3. The Kier molecular flexibility index (Phi) is 7.00. The van der Waals surface area contributed by atoms with Crippen molar-refractivity contribution >= 4 is 51.3 Å². The number of rotatable bonds is 7. The van der Waals surface area contributed by atoms with Gasteiger partial charge in [-0.1, -0.05) is 11.6 Å². The van der Waals surface area contributed by atoms with E-state index in [1.165, 1.54) is 11.3 Å². The highest BCUT2D eigenvalue weighted by molar-refractivity contribution is 7.16. The third-order valence-electron chi connectivity index (χ3n) is 5.96. The minimum Gasteiger partial charge on any atom is -0.372 e. The molecule has 0 saturated heterocycles. The molecule has 8 heteroatoms. The topological polar surface area (TPSA) is 74.3 Å². The summed E-state index contributed by atoms with van der Waals surface area (Å²) >= 11 is 7.33. The minimum absolute atomic E-state index is 0.0617. The molecule has 2 aromatic carbocycles. The Morgan fingerprint density at radius 1 is 1.12 bits per heavy atom. The van der Waals surface area contributed by atoms with Crippen LogP contribution in [0.4, 0.5) is 16.5 Å². The molecule has 1 aliphatic carbocycles. The third kappa shape index (κ3) is 5.04. The molecule has 172 valence electrons. The van der Waals surface area contributed by atoms with Gasteiger partial charge in [0, 0.05) is 39.9 Å². The predicted molar refractivity (Wildman–Crippen MR) is 136 cm³/mol. The number of carbonyl (C=O) groups is 2. The van der Waals surface area contributed by atoms with Crippen molar-refractivity contribution in [3.8, 4) is 0 Å². The number of benzene rings is 2. The number of hydrogen-bond donors (Lipinski definition) is 2. The summed E-state index contributed by atoms with van der Waals surface area (Å²) in [5.74, 6) is -0.628. The van der Waals surface area contributed by atoms with E-state index in [0.717, 1.165) is 53.4 Å². The van der Waals surface area contributed by atoms with Gasteiger partial charge < -0.3 is 10.2 Å². The van der Waals surface area contributed by atoms with Crippen molar-refractivity contribution in [3.05, 3.63) is 69.2 Å². The molecule has 3 aromatic rings. The van der Waals surface area contributed by atoms with E-state index in [1.807, 2.05) is 19.1 Å². The summed E-state index contributed by atoms with van der Waals surface area (Å²) < 4.78 is 0. The van der Waals surface area contributed by atoms with Crippen LogP contribution in [-0.2, 0) is 11.2 Å². The van der Waals surface area contributed by atoms with Crippen molar-refractivity contribution in [2.45, 2.75) is 39.5 Å². The molecule has 2 N–H and O–H groups in total. The van der Waals surface area contributed by atoms with Crippen molar-refractivity contribution < 1.29 is 9.59 Å². The smallest absolute Gasteiger partial charge is 0.257 e. The Morgan fingerprint density at radius 2 is 1.85 bits per heavy atom. The van der Waals surface area contributed by atoms with Gasteiger partial charge in [0.2, 0.25) is 5.91 Å². The number of aryl methyl sites for hydroxylation is 2. The third-order valence-corrected chi connectivity index (χ3v) is 7.26. The molecule has 0 saturated carbocycles. The van der Waals surface area contributed by atoms with Gasteiger partial charge in [-0.05, 0) is 81.6 Å². The number of fused-ring (bicyclic) bond motifs is 1. The normalized spacial score (nSPS) is 14.6. The van der Waals surface area contributed by atoms with Gasteiger partial charge in [0.05, 0.1) is 11.6 Å². The zero-order valence-electron chi connectivity index (χ0n) is 18.9. The monoisotopic (exact) mass is 482 g/mol. The molecule has 6 nitrogen and oxygen atoms in total. The van der Waals surface area contributed by atoms with Gasteiger partial charge >= 0.3 is 0 Å². The first kappa shape index (κ1) is 23.3. The molecule has 4 rings (SSSR count). The fourth-order valence-electron chi connectivity index (χ4n) is 4.10. The van der Waals surface area contributed by atoms with Gasteiger partial charge in [-0.3, -0.25) is 14.9 Å². The molecule has 1 atom stereocenters. The zero-order chi connectivity index (χ0) is 23.5. The van der Waals surface area contributed by atoms with Crippen LogP contribution < -0.4 is 15.5 Å². The van der Waals surface area contributed by atoms with Gasteiger partial charge in [0.15, 0.2) is 5.13 Å². The minimum atomic E-state index is -0.320. The Hall–Kier alpha value is -2.90.